The number of aliphatic hydroxyl groups is 4. The Labute approximate surface area is 98.3 Å². The first kappa shape index (κ1) is 13.9. The maximum Gasteiger partial charge on any atom is 0.191 e. The lowest BCUT2D eigenvalue weighted by atomic mass is 9.89. The van der Waals surface area contributed by atoms with Gasteiger partial charge in [-0.1, -0.05) is 6.92 Å². The van der Waals surface area contributed by atoms with Crippen LogP contribution in [0.3, 0.4) is 0 Å². The van der Waals surface area contributed by atoms with Crippen molar-refractivity contribution in [1.82, 2.24) is 0 Å². The predicted octanol–water partition coefficient (Wildman–Crippen LogP) is -2.08. The van der Waals surface area contributed by atoms with Gasteiger partial charge in [-0.2, -0.15) is 0 Å². The highest BCUT2D eigenvalue weighted by molar-refractivity contribution is 7.96. The Bertz CT molecular complexity index is 258. The van der Waals surface area contributed by atoms with Gasteiger partial charge in [-0.05, 0) is 0 Å². The van der Waals surface area contributed by atoms with Crippen LogP contribution >= 0.6 is 12.6 Å². The molecule has 0 radical (unpaired) electrons. The van der Waals surface area contributed by atoms with Crippen molar-refractivity contribution in [3.8, 4) is 0 Å². The van der Waals surface area contributed by atoms with Crippen LogP contribution in [-0.2, 0) is 9.53 Å². The molecule has 6 atom stereocenters. The minimum Gasteiger partial charge on any atom is -0.394 e. The largest absolute Gasteiger partial charge is 0.394 e. The fraction of sp³-hybridized carbons (Fsp3) is 0.889. The zero-order valence-electron chi connectivity index (χ0n) is 8.72. The molecule has 1 fully saturated rings. The molecule has 1 rings (SSSR count). The van der Waals surface area contributed by atoms with E-state index in [9.17, 15) is 20.1 Å². The molecule has 1 heterocycles. The molecular weight excluding hydrogens is 236 g/mol. The zero-order valence-corrected chi connectivity index (χ0v) is 9.62. The van der Waals surface area contributed by atoms with Crippen LogP contribution in [0.4, 0.5) is 0 Å². The van der Waals surface area contributed by atoms with Crippen molar-refractivity contribution in [3.63, 3.8) is 0 Å². The molecule has 1 saturated heterocycles. The molecule has 0 aromatic heterocycles. The molecule has 0 saturated carbocycles. The lowest BCUT2D eigenvalue weighted by Gasteiger charge is -2.41. The Morgan fingerprint density at radius 2 is 1.88 bits per heavy atom. The molecule has 0 aliphatic carbocycles. The maximum absolute atomic E-state index is 11.0. The maximum atomic E-state index is 11.0. The third-order valence-corrected chi connectivity index (χ3v) is 3.22. The van der Waals surface area contributed by atoms with Gasteiger partial charge in [0.25, 0.3) is 0 Å². The molecule has 16 heavy (non-hydrogen) atoms. The standard InChI is InChI=1S/C9H16O6S/c1-3(9(14)16)8-7(13)6(12)5(11)4(2-10)15-8/h3-8,10-13H,2H2,1H3,(H,14,16)/t3?,4-,5-,6+,7-,8?/m1/s1. The Morgan fingerprint density at radius 3 is 2.31 bits per heavy atom. The van der Waals surface area contributed by atoms with Crippen molar-refractivity contribution < 1.29 is 30.0 Å². The van der Waals surface area contributed by atoms with Crippen LogP contribution in [-0.4, -0.2) is 62.7 Å². The van der Waals surface area contributed by atoms with Gasteiger partial charge in [0.2, 0.25) is 0 Å². The second-order valence-corrected chi connectivity index (χ2v) is 4.36. The SMILES string of the molecule is CC(C(=O)S)C1O[C@H](CO)[C@@H](O)[C@H](O)[C@H]1O. The van der Waals surface area contributed by atoms with Gasteiger partial charge in [-0.15, -0.1) is 12.6 Å². The molecule has 94 valence electrons. The van der Waals surface area contributed by atoms with E-state index in [2.05, 4.69) is 12.6 Å². The van der Waals surface area contributed by atoms with Crippen LogP contribution < -0.4 is 0 Å². The summed E-state index contributed by atoms with van der Waals surface area (Å²) in [6, 6.07) is 0. The van der Waals surface area contributed by atoms with Crippen LogP contribution in [0, 0.1) is 5.92 Å². The van der Waals surface area contributed by atoms with Crippen molar-refractivity contribution in [2.24, 2.45) is 5.92 Å². The molecule has 0 aromatic carbocycles. The topological polar surface area (TPSA) is 107 Å². The van der Waals surface area contributed by atoms with Crippen LogP contribution in [0.2, 0.25) is 0 Å². The predicted molar refractivity (Wildman–Crippen MR) is 56.9 cm³/mol. The number of carbonyl (C=O) groups excluding carboxylic acids is 1. The quantitative estimate of drug-likeness (QED) is 0.369. The molecular formula is C9H16O6S. The fourth-order valence-electron chi connectivity index (χ4n) is 1.68. The van der Waals surface area contributed by atoms with E-state index in [4.69, 9.17) is 9.84 Å². The summed E-state index contributed by atoms with van der Waals surface area (Å²) in [4.78, 5) is 11.0. The third kappa shape index (κ3) is 2.55. The van der Waals surface area contributed by atoms with E-state index in [0.29, 0.717) is 0 Å². The Balaban J connectivity index is 2.82. The van der Waals surface area contributed by atoms with Gasteiger partial charge in [0, 0.05) is 0 Å². The van der Waals surface area contributed by atoms with Gasteiger partial charge in [-0.25, -0.2) is 0 Å². The van der Waals surface area contributed by atoms with E-state index in [0.717, 1.165) is 0 Å². The highest BCUT2D eigenvalue weighted by Crippen LogP contribution is 2.26. The van der Waals surface area contributed by atoms with Gasteiger partial charge in [0.05, 0.1) is 18.6 Å². The number of rotatable bonds is 3. The summed E-state index contributed by atoms with van der Waals surface area (Å²) in [6.45, 7) is 0.983. The van der Waals surface area contributed by atoms with E-state index in [1.54, 1.807) is 0 Å². The number of hydrogen-bond acceptors (Lipinski definition) is 6. The number of aliphatic hydroxyl groups excluding tert-OH is 4. The molecule has 1 aliphatic rings. The second kappa shape index (κ2) is 5.44. The highest BCUT2D eigenvalue weighted by atomic mass is 32.1. The van der Waals surface area contributed by atoms with Gasteiger partial charge >= 0.3 is 0 Å². The summed E-state index contributed by atoms with van der Waals surface area (Å²) in [6.07, 6.45) is -6.22. The van der Waals surface area contributed by atoms with Crippen molar-refractivity contribution in [1.29, 1.82) is 0 Å². The number of ether oxygens (including phenoxy) is 1. The summed E-state index contributed by atoms with van der Waals surface area (Å²) in [5.74, 6) is -0.741. The van der Waals surface area contributed by atoms with Crippen LogP contribution in [0.15, 0.2) is 0 Å². The molecule has 0 bridgehead atoms. The van der Waals surface area contributed by atoms with E-state index >= 15 is 0 Å². The molecule has 7 heteroatoms. The smallest absolute Gasteiger partial charge is 0.191 e. The van der Waals surface area contributed by atoms with E-state index in [1.807, 2.05) is 0 Å². The summed E-state index contributed by atoms with van der Waals surface area (Å²) in [5.41, 5.74) is 0. The highest BCUT2D eigenvalue weighted by Gasteiger charge is 2.46. The van der Waals surface area contributed by atoms with Crippen molar-refractivity contribution in [2.75, 3.05) is 6.61 Å². The van der Waals surface area contributed by atoms with E-state index < -0.39 is 48.2 Å². The second-order valence-electron chi connectivity index (χ2n) is 3.92. The van der Waals surface area contributed by atoms with Crippen LogP contribution in [0.1, 0.15) is 6.92 Å². The number of hydrogen-bond donors (Lipinski definition) is 5. The van der Waals surface area contributed by atoms with E-state index in [-0.39, 0.29) is 0 Å². The summed E-state index contributed by atoms with van der Waals surface area (Å²) < 4.78 is 5.17. The molecule has 6 nitrogen and oxygen atoms in total. The van der Waals surface area contributed by atoms with Gasteiger partial charge in [0.15, 0.2) is 5.12 Å². The van der Waals surface area contributed by atoms with E-state index in [1.165, 1.54) is 6.92 Å². The lowest BCUT2D eigenvalue weighted by molar-refractivity contribution is -0.237. The van der Waals surface area contributed by atoms with Gasteiger partial charge < -0.3 is 25.2 Å². The Morgan fingerprint density at radius 1 is 1.31 bits per heavy atom. The van der Waals surface area contributed by atoms with Gasteiger partial charge in [0.1, 0.15) is 24.4 Å². The van der Waals surface area contributed by atoms with Crippen molar-refractivity contribution in [2.45, 2.75) is 37.4 Å². The molecule has 4 N–H and O–H groups in total. The minimum absolute atomic E-state index is 0.496. The van der Waals surface area contributed by atoms with Crippen molar-refractivity contribution in [3.05, 3.63) is 0 Å². The Kier molecular flexibility index (Phi) is 4.72. The first-order valence-corrected chi connectivity index (χ1v) is 5.38. The monoisotopic (exact) mass is 252 g/mol. The average Bonchev–Trinajstić information content (AvgIpc) is 2.25. The summed E-state index contributed by atoms with van der Waals surface area (Å²) in [5, 5.41) is 37.0. The lowest BCUT2D eigenvalue weighted by Crippen LogP contribution is -2.60. The Hall–Kier alpha value is -0.180. The molecule has 2 unspecified atom stereocenters. The first-order chi connectivity index (χ1) is 7.40. The van der Waals surface area contributed by atoms with Gasteiger partial charge in [-0.3, -0.25) is 4.79 Å². The summed E-state index contributed by atoms with van der Waals surface area (Å²) >= 11 is 3.62. The van der Waals surface area contributed by atoms with Crippen LogP contribution in [0.5, 0.6) is 0 Å². The summed E-state index contributed by atoms with van der Waals surface area (Å²) in [7, 11) is 0. The average molecular weight is 252 g/mol. The third-order valence-electron chi connectivity index (χ3n) is 2.81. The first-order valence-electron chi connectivity index (χ1n) is 4.93. The van der Waals surface area contributed by atoms with Crippen LogP contribution in [0.25, 0.3) is 0 Å². The fourth-order valence-corrected chi connectivity index (χ4v) is 1.83. The molecule has 0 aromatic rings. The molecule has 1 aliphatic heterocycles. The normalized spacial score (nSPS) is 41.8. The zero-order chi connectivity index (χ0) is 12.5. The van der Waals surface area contributed by atoms with Crippen molar-refractivity contribution >= 4 is 17.7 Å². The molecule has 0 amide bonds. The number of carbonyl (C=O) groups is 1. The number of thiol groups is 1. The minimum atomic E-state index is -1.45. The molecule has 0 spiro atoms.